The number of pyridine rings is 2. The Hall–Kier alpha value is -2.51. The van der Waals surface area contributed by atoms with Gasteiger partial charge in [0.1, 0.15) is 5.36 Å². The standard InChI is InChI=1S/C17H14Cl2N4O3/c1-26-15-5-4-10(14-6-13(9-2-3-9)21-23(14)15)17(24)20-16-11(18)7-22(25)8-12(16)19/h4-9,25H,2-3H2,1H3. The Morgan fingerprint density at radius 2 is 2.00 bits per heavy atom. The predicted octanol–water partition coefficient (Wildman–Crippen LogP) is 3.31. The van der Waals surface area contributed by atoms with Gasteiger partial charge in [-0.05, 0) is 25.0 Å². The number of methoxy groups -OCH3 is 1. The van der Waals surface area contributed by atoms with E-state index in [1.807, 2.05) is 6.07 Å². The molecule has 3 heterocycles. The maximum atomic E-state index is 12.8. The van der Waals surface area contributed by atoms with Crippen LogP contribution in [0.25, 0.3) is 5.52 Å². The molecule has 3 aromatic rings. The summed E-state index contributed by atoms with van der Waals surface area (Å²) in [6, 6.07) is 5.18. The minimum Gasteiger partial charge on any atom is -0.481 e. The predicted molar refractivity (Wildman–Crippen MR) is 95.2 cm³/mol. The lowest BCUT2D eigenvalue weighted by atomic mass is 10.2. The summed E-state index contributed by atoms with van der Waals surface area (Å²) in [5.74, 6) is 0.442. The second-order valence-corrected chi connectivity index (χ2v) is 6.84. The summed E-state index contributed by atoms with van der Waals surface area (Å²) in [5.41, 5.74) is 1.90. The van der Waals surface area contributed by atoms with Crippen LogP contribution in [0.5, 0.6) is 5.88 Å². The molecule has 0 atom stereocenters. The van der Waals surface area contributed by atoms with E-state index in [0.717, 1.165) is 18.5 Å². The average Bonchev–Trinajstić information content (AvgIpc) is 3.35. The molecule has 0 radical (unpaired) electrons. The van der Waals surface area contributed by atoms with Crippen LogP contribution in [0.2, 0.25) is 10.0 Å². The van der Waals surface area contributed by atoms with Crippen molar-refractivity contribution in [2.75, 3.05) is 7.11 Å². The molecular weight excluding hydrogens is 379 g/mol. The Labute approximate surface area is 158 Å². The average molecular weight is 393 g/mol. The van der Waals surface area contributed by atoms with E-state index < -0.39 is 5.91 Å². The highest BCUT2D eigenvalue weighted by Gasteiger charge is 2.28. The number of carbonyl (C=O) groups excluding carboxylic acids is 1. The SMILES string of the molecule is COc1ccc(C(=O)N=c2c(Cl)cn(O)cc2Cl)c2cc(C3CC3)nn12. The van der Waals surface area contributed by atoms with Gasteiger partial charge in [-0.25, -0.2) is 4.99 Å². The van der Waals surface area contributed by atoms with Crippen LogP contribution in [0, 0.1) is 0 Å². The largest absolute Gasteiger partial charge is 0.481 e. The zero-order valence-electron chi connectivity index (χ0n) is 13.7. The third-order valence-corrected chi connectivity index (χ3v) is 4.75. The van der Waals surface area contributed by atoms with Crippen LogP contribution in [-0.2, 0) is 0 Å². The monoisotopic (exact) mass is 392 g/mol. The van der Waals surface area contributed by atoms with Gasteiger partial charge in [0.05, 0.1) is 46.3 Å². The van der Waals surface area contributed by atoms with Crippen LogP contribution in [-0.4, -0.2) is 32.6 Å². The molecule has 1 N–H and O–H groups in total. The van der Waals surface area contributed by atoms with Crippen LogP contribution < -0.4 is 10.1 Å². The van der Waals surface area contributed by atoms with Crippen molar-refractivity contribution < 1.29 is 14.7 Å². The lowest BCUT2D eigenvalue weighted by Gasteiger charge is -2.06. The molecule has 3 aromatic heterocycles. The number of carbonyl (C=O) groups is 1. The third kappa shape index (κ3) is 2.93. The summed E-state index contributed by atoms with van der Waals surface area (Å²) in [6.45, 7) is 0. The zero-order valence-corrected chi connectivity index (χ0v) is 15.2. The maximum Gasteiger partial charge on any atom is 0.279 e. The topological polar surface area (TPSA) is 81.1 Å². The molecule has 1 aliphatic rings. The molecule has 26 heavy (non-hydrogen) atoms. The van der Waals surface area contributed by atoms with Gasteiger partial charge in [0.15, 0.2) is 0 Å². The maximum absolute atomic E-state index is 12.8. The van der Waals surface area contributed by atoms with Crippen molar-refractivity contribution in [3.05, 3.63) is 57.3 Å². The first-order valence-electron chi connectivity index (χ1n) is 7.90. The quantitative estimate of drug-likeness (QED) is 0.693. The molecular formula is C17H14Cl2N4O3. The van der Waals surface area contributed by atoms with Crippen molar-refractivity contribution in [3.63, 3.8) is 0 Å². The van der Waals surface area contributed by atoms with Crippen LogP contribution in [0.3, 0.4) is 0 Å². The third-order valence-electron chi connectivity index (χ3n) is 4.20. The van der Waals surface area contributed by atoms with Gasteiger partial charge < -0.3 is 9.94 Å². The van der Waals surface area contributed by atoms with E-state index in [0.29, 0.717) is 27.6 Å². The summed E-state index contributed by atoms with van der Waals surface area (Å²) in [5, 5.41) is 14.2. The van der Waals surface area contributed by atoms with Crippen molar-refractivity contribution in [1.29, 1.82) is 0 Å². The van der Waals surface area contributed by atoms with E-state index in [4.69, 9.17) is 27.9 Å². The molecule has 0 saturated heterocycles. The molecule has 134 valence electrons. The van der Waals surface area contributed by atoms with Gasteiger partial charge in [-0.15, -0.1) is 0 Å². The molecule has 9 heteroatoms. The van der Waals surface area contributed by atoms with Crippen molar-refractivity contribution >= 4 is 34.6 Å². The Bertz CT molecular complexity index is 1070. The Balaban J connectivity index is 1.86. The lowest BCUT2D eigenvalue weighted by molar-refractivity contribution is 0.0999. The van der Waals surface area contributed by atoms with Gasteiger partial charge in [-0.3, -0.25) is 4.79 Å². The Kier molecular flexibility index (Phi) is 4.13. The summed E-state index contributed by atoms with van der Waals surface area (Å²) in [4.78, 5) is 16.8. The summed E-state index contributed by atoms with van der Waals surface area (Å²) in [6.07, 6.45) is 4.59. The number of rotatable bonds is 3. The molecule has 1 amide bonds. The van der Waals surface area contributed by atoms with E-state index >= 15 is 0 Å². The molecule has 4 rings (SSSR count). The first kappa shape index (κ1) is 16.9. The fourth-order valence-electron chi connectivity index (χ4n) is 2.76. The highest BCUT2D eigenvalue weighted by molar-refractivity contribution is 6.34. The Morgan fingerprint density at radius 3 is 2.62 bits per heavy atom. The van der Waals surface area contributed by atoms with E-state index in [-0.39, 0.29) is 15.4 Å². The summed E-state index contributed by atoms with van der Waals surface area (Å²) in [7, 11) is 1.55. The van der Waals surface area contributed by atoms with Gasteiger partial charge in [-0.1, -0.05) is 23.2 Å². The summed E-state index contributed by atoms with van der Waals surface area (Å²) < 4.78 is 7.64. The molecule has 7 nitrogen and oxygen atoms in total. The number of halogens is 2. The minimum atomic E-state index is -0.514. The lowest BCUT2D eigenvalue weighted by Crippen LogP contribution is -2.13. The number of ether oxygens (including phenoxy) is 1. The number of aromatic nitrogens is 3. The number of hydrogen-bond donors (Lipinski definition) is 1. The van der Waals surface area contributed by atoms with Gasteiger partial charge in [-0.2, -0.15) is 14.3 Å². The fourth-order valence-corrected chi connectivity index (χ4v) is 3.29. The van der Waals surface area contributed by atoms with Gasteiger partial charge in [0.25, 0.3) is 5.91 Å². The molecule has 1 fully saturated rings. The molecule has 1 aliphatic carbocycles. The molecule has 0 unspecified atom stereocenters. The van der Waals surface area contributed by atoms with Crippen LogP contribution in [0.1, 0.15) is 34.8 Å². The second kappa shape index (κ2) is 6.34. The molecule has 0 spiro atoms. The molecule has 0 bridgehead atoms. The van der Waals surface area contributed by atoms with Crippen molar-refractivity contribution in [2.45, 2.75) is 18.8 Å². The van der Waals surface area contributed by atoms with Gasteiger partial charge in [0.2, 0.25) is 5.88 Å². The van der Waals surface area contributed by atoms with E-state index in [2.05, 4.69) is 10.1 Å². The highest BCUT2D eigenvalue weighted by atomic mass is 35.5. The highest BCUT2D eigenvalue weighted by Crippen LogP contribution is 2.40. The minimum absolute atomic E-state index is 0.0602. The molecule has 0 aliphatic heterocycles. The van der Waals surface area contributed by atoms with Crippen LogP contribution in [0.15, 0.2) is 35.6 Å². The molecule has 0 aromatic carbocycles. The van der Waals surface area contributed by atoms with Crippen LogP contribution in [0.4, 0.5) is 0 Å². The number of nitrogens with zero attached hydrogens (tertiary/aromatic N) is 4. The van der Waals surface area contributed by atoms with Crippen molar-refractivity contribution in [3.8, 4) is 5.88 Å². The number of hydrogen-bond acceptors (Lipinski definition) is 4. The number of fused-ring (bicyclic) bond motifs is 1. The van der Waals surface area contributed by atoms with Crippen LogP contribution >= 0.6 is 23.2 Å². The van der Waals surface area contributed by atoms with Crippen molar-refractivity contribution in [1.82, 2.24) is 14.3 Å². The summed E-state index contributed by atoms with van der Waals surface area (Å²) >= 11 is 12.1. The van der Waals surface area contributed by atoms with Gasteiger partial charge >= 0.3 is 0 Å². The normalized spacial score (nSPS) is 13.8. The fraction of sp³-hybridized carbons (Fsp3) is 0.235. The second-order valence-electron chi connectivity index (χ2n) is 6.03. The molecule has 1 saturated carbocycles. The van der Waals surface area contributed by atoms with Gasteiger partial charge in [0, 0.05) is 12.0 Å². The van der Waals surface area contributed by atoms with E-state index in [9.17, 15) is 10.0 Å². The Morgan fingerprint density at radius 1 is 1.31 bits per heavy atom. The first-order valence-corrected chi connectivity index (χ1v) is 8.66. The smallest absolute Gasteiger partial charge is 0.279 e. The van der Waals surface area contributed by atoms with E-state index in [1.54, 1.807) is 23.8 Å². The first-order chi connectivity index (χ1) is 12.5. The van der Waals surface area contributed by atoms with Crippen molar-refractivity contribution in [2.24, 2.45) is 4.99 Å². The zero-order chi connectivity index (χ0) is 18.4. The van der Waals surface area contributed by atoms with E-state index in [1.165, 1.54) is 12.4 Å². The number of amides is 1.